The molecule has 0 saturated carbocycles. The van der Waals surface area contributed by atoms with Gasteiger partial charge in [0.1, 0.15) is 5.82 Å². The van der Waals surface area contributed by atoms with Crippen molar-refractivity contribution in [2.45, 2.75) is 6.18 Å². The van der Waals surface area contributed by atoms with Gasteiger partial charge in [0.05, 0.1) is 16.8 Å². The summed E-state index contributed by atoms with van der Waals surface area (Å²) in [6.07, 6.45) is -2.43. The van der Waals surface area contributed by atoms with Crippen molar-refractivity contribution in [3.05, 3.63) is 53.7 Å². The molecule has 1 aliphatic heterocycles. The summed E-state index contributed by atoms with van der Waals surface area (Å²) >= 11 is 0. The summed E-state index contributed by atoms with van der Waals surface area (Å²) < 4.78 is 39.1. The van der Waals surface area contributed by atoms with Crippen molar-refractivity contribution < 1.29 is 22.8 Å². The number of hydrogen-bond acceptors (Lipinski definition) is 4. The number of piperazine rings is 1. The molecule has 1 N–H and O–H groups in total. The second-order valence-corrected chi connectivity index (χ2v) is 6.03. The number of nitrogens with zero attached hydrogens (tertiary/aromatic N) is 3. The van der Waals surface area contributed by atoms with E-state index in [0.717, 1.165) is 12.5 Å². The van der Waals surface area contributed by atoms with Crippen molar-refractivity contribution >= 4 is 23.8 Å². The van der Waals surface area contributed by atoms with E-state index in [1.165, 1.54) is 30.5 Å². The zero-order chi connectivity index (χ0) is 19.4. The molecule has 9 heteroatoms. The normalized spacial score (nSPS) is 14.8. The Labute approximate surface area is 153 Å². The fourth-order valence-corrected chi connectivity index (χ4v) is 2.80. The fraction of sp³-hybridized carbons (Fsp3) is 0.278. The first-order valence-electron chi connectivity index (χ1n) is 8.26. The first kappa shape index (κ1) is 18.7. The average Bonchev–Trinajstić information content (AvgIpc) is 2.68. The number of halogens is 3. The van der Waals surface area contributed by atoms with E-state index in [1.54, 1.807) is 11.0 Å². The van der Waals surface area contributed by atoms with Gasteiger partial charge in [0.2, 0.25) is 6.41 Å². The Morgan fingerprint density at radius 3 is 2.37 bits per heavy atom. The summed E-state index contributed by atoms with van der Waals surface area (Å²) in [7, 11) is 0. The summed E-state index contributed by atoms with van der Waals surface area (Å²) in [6.45, 7) is 2.41. The Morgan fingerprint density at radius 2 is 1.78 bits per heavy atom. The maximum atomic E-state index is 13.0. The highest BCUT2D eigenvalue weighted by Gasteiger charge is 2.33. The second kappa shape index (κ2) is 7.65. The van der Waals surface area contributed by atoms with Crippen LogP contribution in [0.3, 0.4) is 0 Å². The Bertz CT molecular complexity index is 816. The lowest BCUT2D eigenvalue weighted by Crippen LogP contribution is -2.46. The zero-order valence-corrected chi connectivity index (χ0v) is 14.2. The van der Waals surface area contributed by atoms with Crippen molar-refractivity contribution in [2.24, 2.45) is 0 Å². The molecule has 142 valence electrons. The van der Waals surface area contributed by atoms with Gasteiger partial charge in [0, 0.05) is 32.4 Å². The number of rotatable bonds is 4. The third-order valence-corrected chi connectivity index (χ3v) is 4.28. The van der Waals surface area contributed by atoms with E-state index in [0.29, 0.717) is 32.0 Å². The van der Waals surface area contributed by atoms with E-state index in [1.807, 2.05) is 4.90 Å². The topological polar surface area (TPSA) is 65.5 Å². The van der Waals surface area contributed by atoms with Crippen LogP contribution >= 0.6 is 0 Å². The summed E-state index contributed by atoms with van der Waals surface area (Å²) in [5, 5.41) is 2.29. The number of aromatic nitrogens is 1. The maximum absolute atomic E-state index is 13.0. The zero-order valence-electron chi connectivity index (χ0n) is 14.2. The molecule has 1 aromatic carbocycles. The molecule has 0 aliphatic carbocycles. The standard InChI is InChI=1S/C18H17F3N4O2/c19-18(20,21)14-3-1-2-4-15(14)23-17(27)13-5-6-16(22-11-13)25-9-7-24(12-26)8-10-25/h1-6,11-12H,7-10H2,(H,23,27). The number of pyridine rings is 1. The molecule has 1 fully saturated rings. The smallest absolute Gasteiger partial charge is 0.353 e. The van der Waals surface area contributed by atoms with E-state index < -0.39 is 17.6 Å². The van der Waals surface area contributed by atoms with Gasteiger partial charge in [0.15, 0.2) is 0 Å². The highest BCUT2D eigenvalue weighted by atomic mass is 19.4. The lowest BCUT2D eigenvalue weighted by Gasteiger charge is -2.33. The number of alkyl halides is 3. The number of amides is 2. The van der Waals surface area contributed by atoms with E-state index in [-0.39, 0.29) is 11.3 Å². The number of benzene rings is 1. The van der Waals surface area contributed by atoms with Gasteiger partial charge in [-0.1, -0.05) is 12.1 Å². The van der Waals surface area contributed by atoms with Crippen LogP contribution < -0.4 is 10.2 Å². The van der Waals surface area contributed by atoms with Crippen LogP contribution in [0.5, 0.6) is 0 Å². The molecule has 6 nitrogen and oxygen atoms in total. The maximum Gasteiger partial charge on any atom is 0.418 e. The second-order valence-electron chi connectivity index (χ2n) is 6.03. The molecule has 0 radical (unpaired) electrons. The number of carbonyl (C=O) groups excluding carboxylic acids is 2. The Morgan fingerprint density at radius 1 is 1.07 bits per heavy atom. The van der Waals surface area contributed by atoms with Gasteiger partial charge in [0.25, 0.3) is 5.91 Å². The largest absolute Gasteiger partial charge is 0.418 e. The van der Waals surface area contributed by atoms with Gasteiger partial charge in [-0.25, -0.2) is 4.98 Å². The molecule has 2 heterocycles. The molecule has 0 bridgehead atoms. The molecular formula is C18H17F3N4O2. The van der Waals surface area contributed by atoms with Crippen LogP contribution in [0.25, 0.3) is 0 Å². The van der Waals surface area contributed by atoms with Gasteiger partial charge in [-0.2, -0.15) is 13.2 Å². The molecule has 0 spiro atoms. The van der Waals surface area contributed by atoms with Crippen LogP contribution in [0.4, 0.5) is 24.7 Å². The van der Waals surface area contributed by atoms with Crippen molar-refractivity contribution in [3.63, 3.8) is 0 Å². The van der Waals surface area contributed by atoms with E-state index in [2.05, 4.69) is 10.3 Å². The molecular weight excluding hydrogens is 361 g/mol. The molecule has 0 unspecified atom stereocenters. The predicted molar refractivity (Wildman–Crippen MR) is 93.5 cm³/mol. The van der Waals surface area contributed by atoms with E-state index in [9.17, 15) is 22.8 Å². The minimum absolute atomic E-state index is 0.155. The summed E-state index contributed by atoms with van der Waals surface area (Å²) in [4.78, 5) is 30.9. The molecule has 1 aromatic heterocycles. The highest BCUT2D eigenvalue weighted by molar-refractivity contribution is 6.04. The van der Waals surface area contributed by atoms with Gasteiger partial charge in [-0.3, -0.25) is 9.59 Å². The van der Waals surface area contributed by atoms with Crippen LogP contribution in [-0.2, 0) is 11.0 Å². The monoisotopic (exact) mass is 378 g/mol. The van der Waals surface area contributed by atoms with E-state index in [4.69, 9.17) is 0 Å². The van der Waals surface area contributed by atoms with Crippen molar-refractivity contribution in [1.82, 2.24) is 9.88 Å². The Balaban J connectivity index is 1.69. The minimum Gasteiger partial charge on any atom is -0.353 e. The summed E-state index contributed by atoms with van der Waals surface area (Å²) in [6, 6.07) is 7.95. The van der Waals surface area contributed by atoms with Crippen molar-refractivity contribution in [2.75, 3.05) is 36.4 Å². The summed E-state index contributed by atoms with van der Waals surface area (Å²) in [5.41, 5.74) is -1.05. The summed E-state index contributed by atoms with van der Waals surface area (Å²) in [5.74, 6) is -0.0238. The molecule has 2 amide bonds. The van der Waals surface area contributed by atoms with Gasteiger partial charge in [-0.05, 0) is 24.3 Å². The van der Waals surface area contributed by atoms with Crippen molar-refractivity contribution in [1.29, 1.82) is 0 Å². The molecule has 27 heavy (non-hydrogen) atoms. The predicted octanol–water partition coefficient (Wildman–Crippen LogP) is 2.63. The molecule has 1 saturated heterocycles. The third kappa shape index (κ3) is 4.36. The quantitative estimate of drug-likeness (QED) is 0.831. The van der Waals surface area contributed by atoms with Crippen LogP contribution in [0.2, 0.25) is 0 Å². The number of anilines is 2. The van der Waals surface area contributed by atoms with Crippen LogP contribution in [0.1, 0.15) is 15.9 Å². The fourth-order valence-electron chi connectivity index (χ4n) is 2.80. The molecule has 3 rings (SSSR count). The Kier molecular flexibility index (Phi) is 5.29. The number of nitrogens with one attached hydrogen (secondary N) is 1. The van der Waals surface area contributed by atoms with Crippen LogP contribution in [-0.4, -0.2) is 48.4 Å². The highest BCUT2D eigenvalue weighted by Crippen LogP contribution is 2.34. The number of carbonyl (C=O) groups is 2. The van der Waals surface area contributed by atoms with Gasteiger partial charge >= 0.3 is 6.18 Å². The average molecular weight is 378 g/mol. The molecule has 1 aliphatic rings. The van der Waals surface area contributed by atoms with E-state index >= 15 is 0 Å². The first-order valence-corrected chi connectivity index (χ1v) is 8.26. The van der Waals surface area contributed by atoms with Gasteiger partial charge in [-0.15, -0.1) is 0 Å². The number of para-hydroxylation sites is 1. The molecule has 0 atom stereocenters. The van der Waals surface area contributed by atoms with Crippen molar-refractivity contribution in [3.8, 4) is 0 Å². The third-order valence-electron chi connectivity index (χ3n) is 4.28. The lowest BCUT2D eigenvalue weighted by molar-refractivity contribution is -0.136. The lowest BCUT2D eigenvalue weighted by atomic mass is 10.1. The SMILES string of the molecule is O=CN1CCN(c2ccc(C(=O)Nc3ccccc3C(F)(F)F)cn2)CC1. The Hall–Kier alpha value is -3.10. The van der Waals surface area contributed by atoms with Gasteiger partial charge < -0.3 is 15.1 Å². The van der Waals surface area contributed by atoms with Crippen LogP contribution in [0.15, 0.2) is 42.6 Å². The molecule has 2 aromatic rings. The minimum atomic E-state index is -4.56. The van der Waals surface area contributed by atoms with Crippen LogP contribution in [0, 0.1) is 0 Å². The first-order chi connectivity index (χ1) is 12.9. The number of hydrogen-bond donors (Lipinski definition) is 1.